The third kappa shape index (κ3) is 8.82. The van der Waals surface area contributed by atoms with E-state index in [0.29, 0.717) is 73.8 Å². The van der Waals surface area contributed by atoms with E-state index in [0.717, 1.165) is 25.7 Å². The average molecular weight is 890 g/mol. The van der Waals surface area contributed by atoms with Crippen molar-refractivity contribution in [3.63, 3.8) is 0 Å². The standard InChI is InChI=1S/C46H58F3N9O6/c1-4-35-43(63)55(2)37-25-50-44(53-40(37)58(35)31-7-5-6-8-31)51-34-12-9-30(24-38(34)64-3)41(61)54-45(18-22-59)17-21-56(27-46(45,48)49)26-28-15-19-57(20-16-28)36-13-10-29(23-33(36)47)32-11-14-39(60)52-42(32)62/h9-10,12-13,23-25,28,31-32,35,59H,4-8,11,14-22,26-27H2,1-3H3,(H,54,61)(H,50,51,53)(H,52,60,62)/t32?,35-,45?/m1/s1. The molecule has 8 rings (SSSR count). The summed E-state index contributed by atoms with van der Waals surface area (Å²) in [6.07, 6.45) is 7.81. The van der Waals surface area contributed by atoms with Gasteiger partial charge in [0.25, 0.3) is 11.8 Å². The number of ether oxygens (including phenoxy) is 1. The molecule has 2 unspecified atom stereocenters. The molecular weight excluding hydrogens is 832 g/mol. The van der Waals surface area contributed by atoms with Crippen molar-refractivity contribution in [1.82, 2.24) is 25.5 Å². The number of fused-ring (bicyclic) bond motifs is 1. The van der Waals surface area contributed by atoms with Crippen LogP contribution < -0.4 is 35.4 Å². The number of amides is 4. The van der Waals surface area contributed by atoms with Crippen molar-refractivity contribution in [3.8, 4) is 5.75 Å². The molecule has 4 amide bonds. The zero-order valence-electron chi connectivity index (χ0n) is 36.7. The van der Waals surface area contributed by atoms with Crippen LogP contribution in [0.15, 0.2) is 42.6 Å². The minimum Gasteiger partial charge on any atom is -0.495 e. The number of carbonyl (C=O) groups excluding carboxylic acids is 4. The van der Waals surface area contributed by atoms with E-state index < -0.39 is 48.2 Å². The van der Waals surface area contributed by atoms with E-state index in [4.69, 9.17) is 9.72 Å². The van der Waals surface area contributed by atoms with Crippen LogP contribution in [0.4, 0.5) is 42.0 Å². The Labute approximate surface area is 371 Å². The van der Waals surface area contributed by atoms with E-state index >= 15 is 13.2 Å². The van der Waals surface area contributed by atoms with Crippen molar-refractivity contribution in [2.24, 2.45) is 5.92 Å². The Morgan fingerprint density at radius 2 is 1.78 bits per heavy atom. The summed E-state index contributed by atoms with van der Waals surface area (Å²) >= 11 is 0. The first-order valence-corrected chi connectivity index (χ1v) is 22.5. The predicted molar refractivity (Wildman–Crippen MR) is 235 cm³/mol. The zero-order chi connectivity index (χ0) is 45.3. The molecule has 64 heavy (non-hydrogen) atoms. The fourth-order valence-corrected chi connectivity index (χ4v) is 10.4. The molecule has 15 nitrogen and oxygen atoms in total. The van der Waals surface area contributed by atoms with Crippen molar-refractivity contribution in [2.45, 2.75) is 107 Å². The summed E-state index contributed by atoms with van der Waals surface area (Å²) in [6.45, 7) is 2.61. The minimum atomic E-state index is -3.38. The van der Waals surface area contributed by atoms with Gasteiger partial charge in [-0.1, -0.05) is 25.8 Å². The normalized spacial score (nSPS) is 24.4. The van der Waals surface area contributed by atoms with Crippen molar-refractivity contribution in [2.75, 3.05) is 73.5 Å². The number of piperidine rings is 3. The van der Waals surface area contributed by atoms with Gasteiger partial charge in [-0.2, -0.15) is 4.98 Å². The van der Waals surface area contributed by atoms with E-state index in [1.54, 1.807) is 41.2 Å². The van der Waals surface area contributed by atoms with Crippen molar-refractivity contribution < 1.29 is 42.2 Å². The summed E-state index contributed by atoms with van der Waals surface area (Å²) in [5.74, 6) is -4.60. The summed E-state index contributed by atoms with van der Waals surface area (Å²) in [4.78, 5) is 67.8. The highest BCUT2D eigenvalue weighted by Gasteiger charge is 2.57. The molecule has 18 heteroatoms. The fourth-order valence-electron chi connectivity index (χ4n) is 10.4. The van der Waals surface area contributed by atoms with E-state index in [1.165, 1.54) is 25.3 Å². The number of hydrogen-bond acceptors (Lipinski definition) is 12. The molecule has 5 heterocycles. The van der Waals surface area contributed by atoms with Gasteiger partial charge < -0.3 is 35.2 Å². The van der Waals surface area contributed by atoms with E-state index in [1.807, 2.05) is 11.8 Å². The molecule has 3 aromatic rings. The molecule has 1 aliphatic carbocycles. The first-order valence-electron chi connectivity index (χ1n) is 22.5. The summed E-state index contributed by atoms with van der Waals surface area (Å²) in [7, 11) is 3.17. The largest absolute Gasteiger partial charge is 0.495 e. The number of imide groups is 1. The van der Waals surface area contributed by atoms with Crippen molar-refractivity contribution in [1.29, 1.82) is 0 Å². The summed E-state index contributed by atoms with van der Waals surface area (Å²) < 4.78 is 53.8. The lowest BCUT2D eigenvalue weighted by atomic mass is 9.80. The van der Waals surface area contributed by atoms with E-state index in [2.05, 4.69) is 25.8 Å². The molecule has 5 aliphatic rings. The SMILES string of the molecule is CC[C@@H]1C(=O)N(C)c2cnc(Nc3ccc(C(=O)NC4(CCO)CCN(CC5CCN(c6ccc(C7CCC(=O)NC7=O)cc6F)CC5)CC4(F)F)cc3OC)nc2N1C1CCCC1. The number of aliphatic hydroxyl groups is 1. The Morgan fingerprint density at radius 1 is 1.02 bits per heavy atom. The molecule has 2 aromatic carbocycles. The molecule has 4 N–H and O–H groups in total. The Bertz CT molecular complexity index is 2250. The second-order valence-electron chi connectivity index (χ2n) is 18.0. The van der Waals surface area contributed by atoms with Crippen molar-refractivity contribution in [3.05, 3.63) is 59.5 Å². The maximum absolute atomic E-state index is 16.4. The highest BCUT2D eigenvalue weighted by atomic mass is 19.3. The molecule has 4 aliphatic heterocycles. The number of rotatable bonds is 13. The number of anilines is 5. The van der Waals surface area contributed by atoms with Crippen LogP contribution in [-0.2, 0) is 14.4 Å². The number of methoxy groups -OCH3 is 1. The first-order chi connectivity index (χ1) is 30.7. The van der Waals surface area contributed by atoms with E-state index in [-0.39, 0.29) is 72.9 Å². The molecule has 1 saturated carbocycles. The van der Waals surface area contributed by atoms with Gasteiger partial charge in [0.05, 0.1) is 37.1 Å². The van der Waals surface area contributed by atoms with Crippen LogP contribution in [0.25, 0.3) is 0 Å². The lowest BCUT2D eigenvalue weighted by Gasteiger charge is -2.48. The summed E-state index contributed by atoms with van der Waals surface area (Å²) in [5, 5.41) is 18.1. The number of aliphatic hydroxyl groups excluding tert-OH is 1. The maximum Gasteiger partial charge on any atom is 0.283 e. The molecule has 0 spiro atoms. The number of likely N-dealkylation sites (tertiary alicyclic amines) is 1. The lowest BCUT2D eigenvalue weighted by Crippen LogP contribution is -2.68. The van der Waals surface area contributed by atoms with Crippen LogP contribution in [0.5, 0.6) is 5.75 Å². The second kappa shape index (κ2) is 18.5. The Morgan fingerprint density at radius 3 is 2.45 bits per heavy atom. The average Bonchev–Trinajstić information content (AvgIpc) is 3.81. The van der Waals surface area contributed by atoms with Gasteiger partial charge in [0, 0.05) is 57.9 Å². The van der Waals surface area contributed by atoms with Gasteiger partial charge in [-0.05, 0) is 93.2 Å². The Kier molecular flexibility index (Phi) is 13.1. The predicted octanol–water partition coefficient (Wildman–Crippen LogP) is 5.50. The van der Waals surface area contributed by atoms with Gasteiger partial charge in [0.15, 0.2) is 5.82 Å². The smallest absolute Gasteiger partial charge is 0.283 e. The fraction of sp³-hybridized carbons (Fsp3) is 0.565. The molecule has 4 fully saturated rings. The van der Waals surface area contributed by atoms with Gasteiger partial charge in [0.1, 0.15) is 28.8 Å². The van der Waals surface area contributed by atoms with Crippen LogP contribution in [-0.4, -0.2) is 121 Å². The summed E-state index contributed by atoms with van der Waals surface area (Å²) in [6, 6.07) is 9.17. The number of hydrogen-bond donors (Lipinski definition) is 4. The molecule has 0 bridgehead atoms. The number of alkyl halides is 2. The van der Waals surface area contributed by atoms with Crippen LogP contribution >= 0.6 is 0 Å². The van der Waals surface area contributed by atoms with Gasteiger partial charge in [-0.25, -0.2) is 18.2 Å². The number of aromatic nitrogens is 2. The number of nitrogens with one attached hydrogen (secondary N) is 3. The minimum absolute atomic E-state index is 0.00784. The molecular formula is C46H58F3N9O6. The van der Waals surface area contributed by atoms with Gasteiger partial charge >= 0.3 is 0 Å². The van der Waals surface area contributed by atoms with Gasteiger partial charge in [-0.15, -0.1) is 0 Å². The van der Waals surface area contributed by atoms with Crippen LogP contribution in [0.2, 0.25) is 0 Å². The third-order valence-electron chi connectivity index (χ3n) is 14.1. The highest BCUT2D eigenvalue weighted by molar-refractivity contribution is 6.04. The van der Waals surface area contributed by atoms with Crippen LogP contribution in [0, 0.1) is 11.7 Å². The number of halogens is 3. The quantitative estimate of drug-likeness (QED) is 0.159. The number of nitrogens with zero attached hydrogens (tertiary/aromatic N) is 6. The summed E-state index contributed by atoms with van der Waals surface area (Å²) in [5.41, 5.74) is 0.108. The third-order valence-corrected chi connectivity index (χ3v) is 14.1. The Balaban J connectivity index is 0.893. The molecule has 344 valence electrons. The molecule has 3 saturated heterocycles. The number of benzene rings is 2. The molecule has 0 radical (unpaired) electrons. The highest BCUT2D eigenvalue weighted by Crippen LogP contribution is 2.42. The van der Waals surface area contributed by atoms with Crippen molar-refractivity contribution >= 4 is 52.5 Å². The topological polar surface area (TPSA) is 173 Å². The number of carbonyl (C=O) groups is 4. The van der Waals surface area contributed by atoms with E-state index in [9.17, 15) is 24.3 Å². The lowest BCUT2D eigenvalue weighted by molar-refractivity contribution is -0.142. The molecule has 1 aromatic heterocycles. The molecule has 3 atom stereocenters. The zero-order valence-corrected chi connectivity index (χ0v) is 36.7. The number of likely N-dealkylation sites (N-methyl/N-ethyl adjacent to an activating group) is 1. The van der Waals surface area contributed by atoms with Crippen LogP contribution in [0.3, 0.4) is 0 Å². The van der Waals surface area contributed by atoms with Crippen LogP contribution in [0.1, 0.15) is 99.4 Å². The second-order valence-corrected chi connectivity index (χ2v) is 18.0. The van der Waals surface area contributed by atoms with Gasteiger partial charge in [0.2, 0.25) is 23.7 Å². The first kappa shape index (κ1) is 45.1. The Hall–Kier alpha value is -5.49. The maximum atomic E-state index is 16.4. The monoisotopic (exact) mass is 889 g/mol. The van der Waals surface area contributed by atoms with Gasteiger partial charge in [-0.3, -0.25) is 29.4 Å².